The van der Waals surface area contributed by atoms with E-state index in [0.717, 1.165) is 37.4 Å². The Morgan fingerprint density at radius 2 is 1.79 bits per heavy atom. The van der Waals surface area contributed by atoms with E-state index in [2.05, 4.69) is 24.8 Å². The molecule has 0 radical (unpaired) electrons. The molecule has 3 aromatic heterocycles. The lowest BCUT2D eigenvalue weighted by Crippen LogP contribution is -2.37. The van der Waals surface area contributed by atoms with E-state index >= 15 is 0 Å². The average Bonchev–Trinajstić information content (AvgIpc) is 3.62. The zero-order valence-corrected chi connectivity index (χ0v) is 16.3. The molecule has 0 amide bonds. The van der Waals surface area contributed by atoms with Crippen LogP contribution in [0.15, 0.2) is 54.1 Å². The van der Waals surface area contributed by atoms with Crippen LogP contribution in [0.2, 0.25) is 0 Å². The maximum absolute atomic E-state index is 12.5. The summed E-state index contributed by atoms with van der Waals surface area (Å²) >= 11 is 0. The van der Waals surface area contributed by atoms with E-state index in [4.69, 9.17) is 0 Å². The third-order valence-electron chi connectivity index (χ3n) is 5.90. The molecule has 0 unspecified atom stereocenters. The van der Waals surface area contributed by atoms with Crippen LogP contribution in [0.25, 0.3) is 11.3 Å². The molecule has 2 aliphatic rings. The second-order valence-corrected chi connectivity index (χ2v) is 8.03. The van der Waals surface area contributed by atoms with Gasteiger partial charge >= 0.3 is 0 Å². The van der Waals surface area contributed by atoms with E-state index in [0.29, 0.717) is 24.1 Å². The van der Waals surface area contributed by atoms with E-state index in [-0.39, 0.29) is 5.56 Å². The molecule has 0 spiro atoms. The molecule has 1 saturated carbocycles. The van der Waals surface area contributed by atoms with Crippen LogP contribution in [-0.4, -0.2) is 37.6 Å². The average molecular weight is 388 g/mol. The second-order valence-electron chi connectivity index (χ2n) is 8.03. The highest BCUT2D eigenvalue weighted by molar-refractivity contribution is 5.56. The van der Waals surface area contributed by atoms with Gasteiger partial charge in [0.1, 0.15) is 0 Å². The number of aromatic nitrogens is 5. The van der Waals surface area contributed by atoms with E-state index < -0.39 is 0 Å². The number of pyridine rings is 1. The van der Waals surface area contributed by atoms with Crippen molar-refractivity contribution in [2.24, 2.45) is 5.92 Å². The first kappa shape index (κ1) is 18.0. The van der Waals surface area contributed by atoms with Gasteiger partial charge in [0.2, 0.25) is 5.95 Å². The fourth-order valence-electron chi connectivity index (χ4n) is 3.95. The monoisotopic (exact) mass is 388 g/mol. The van der Waals surface area contributed by atoms with Gasteiger partial charge in [0.25, 0.3) is 5.56 Å². The predicted molar refractivity (Wildman–Crippen MR) is 111 cm³/mol. The normalized spacial score (nSPS) is 17.4. The Kier molecular flexibility index (Phi) is 4.79. The molecule has 2 fully saturated rings. The molecule has 3 aromatic rings. The summed E-state index contributed by atoms with van der Waals surface area (Å²) in [7, 11) is 0. The summed E-state index contributed by atoms with van der Waals surface area (Å²) in [6, 6.07) is 5.36. The van der Waals surface area contributed by atoms with Crippen molar-refractivity contribution in [2.75, 3.05) is 18.0 Å². The van der Waals surface area contributed by atoms with Crippen molar-refractivity contribution in [1.29, 1.82) is 0 Å². The zero-order chi connectivity index (χ0) is 19.6. The fraction of sp³-hybridized carbons (Fsp3) is 0.409. The van der Waals surface area contributed by atoms with Gasteiger partial charge in [-0.1, -0.05) is 0 Å². The number of hydrogen-bond donors (Lipinski definition) is 0. The molecule has 1 aliphatic carbocycles. The topological polar surface area (TPSA) is 76.8 Å². The van der Waals surface area contributed by atoms with Crippen molar-refractivity contribution in [2.45, 2.75) is 38.1 Å². The van der Waals surface area contributed by atoms with Crippen molar-refractivity contribution in [1.82, 2.24) is 24.5 Å². The van der Waals surface area contributed by atoms with Crippen LogP contribution in [0, 0.1) is 5.92 Å². The highest BCUT2D eigenvalue weighted by atomic mass is 16.1. The standard InChI is InChI=1S/C22H24N6O/c29-21-10-20(18-2-1-7-23-11-18)26-15-28(21)14-16-5-8-27(9-6-16)22-24-12-19(13-25-22)17-3-4-17/h1-2,7,10-13,15-17H,3-6,8-9,14H2. The molecular formula is C22H24N6O. The third-order valence-corrected chi connectivity index (χ3v) is 5.90. The van der Waals surface area contributed by atoms with Crippen LogP contribution in [0.3, 0.4) is 0 Å². The molecule has 0 N–H and O–H groups in total. The molecule has 1 saturated heterocycles. The zero-order valence-electron chi connectivity index (χ0n) is 16.3. The maximum atomic E-state index is 12.5. The summed E-state index contributed by atoms with van der Waals surface area (Å²) in [5.74, 6) is 1.97. The van der Waals surface area contributed by atoms with Crippen molar-refractivity contribution >= 4 is 5.95 Å². The number of anilines is 1. The molecule has 4 heterocycles. The Bertz CT molecular complexity index is 1020. The van der Waals surface area contributed by atoms with Crippen molar-refractivity contribution in [3.05, 3.63) is 65.2 Å². The Hall–Kier alpha value is -3.09. The minimum atomic E-state index is -0.0136. The van der Waals surface area contributed by atoms with E-state index in [1.807, 2.05) is 24.5 Å². The summed E-state index contributed by atoms with van der Waals surface area (Å²) in [6.45, 7) is 2.54. The molecule has 0 bridgehead atoms. The number of hydrogen-bond acceptors (Lipinski definition) is 6. The van der Waals surface area contributed by atoms with E-state index in [9.17, 15) is 4.79 Å². The molecule has 5 rings (SSSR count). The van der Waals surface area contributed by atoms with Gasteiger partial charge in [-0.15, -0.1) is 0 Å². The summed E-state index contributed by atoms with van der Waals surface area (Å²) in [6.07, 6.45) is 13.6. The van der Waals surface area contributed by atoms with E-state index in [1.54, 1.807) is 29.4 Å². The minimum absolute atomic E-state index is 0.0136. The van der Waals surface area contributed by atoms with Gasteiger partial charge in [-0.25, -0.2) is 15.0 Å². The summed E-state index contributed by atoms with van der Waals surface area (Å²) in [5.41, 5.74) is 2.78. The van der Waals surface area contributed by atoms with Crippen LogP contribution >= 0.6 is 0 Å². The highest BCUT2D eigenvalue weighted by Crippen LogP contribution is 2.39. The van der Waals surface area contributed by atoms with Gasteiger partial charge in [0.15, 0.2) is 0 Å². The Morgan fingerprint density at radius 1 is 1.00 bits per heavy atom. The molecule has 148 valence electrons. The predicted octanol–water partition coefficient (Wildman–Crippen LogP) is 2.89. The van der Waals surface area contributed by atoms with Gasteiger partial charge in [0, 0.05) is 56.1 Å². The van der Waals surface area contributed by atoms with Crippen molar-refractivity contribution in [3.8, 4) is 11.3 Å². The number of rotatable bonds is 5. The van der Waals surface area contributed by atoms with Crippen molar-refractivity contribution < 1.29 is 0 Å². The van der Waals surface area contributed by atoms with Crippen molar-refractivity contribution in [3.63, 3.8) is 0 Å². The van der Waals surface area contributed by atoms with Crippen LogP contribution in [-0.2, 0) is 6.54 Å². The third kappa shape index (κ3) is 4.04. The molecule has 1 aliphatic heterocycles. The molecule has 7 heteroatoms. The summed E-state index contributed by atoms with van der Waals surface area (Å²) in [4.78, 5) is 32.5. The van der Waals surface area contributed by atoms with Crippen LogP contribution < -0.4 is 10.5 Å². The second kappa shape index (κ2) is 7.73. The van der Waals surface area contributed by atoms with Gasteiger partial charge in [-0.3, -0.25) is 14.3 Å². The van der Waals surface area contributed by atoms with Crippen LogP contribution in [0.1, 0.15) is 37.2 Å². The van der Waals surface area contributed by atoms with Crippen LogP contribution in [0.5, 0.6) is 0 Å². The first-order chi connectivity index (χ1) is 14.3. The molecular weight excluding hydrogens is 364 g/mol. The van der Waals surface area contributed by atoms with Gasteiger partial charge in [0.05, 0.1) is 12.0 Å². The number of nitrogens with zero attached hydrogens (tertiary/aromatic N) is 6. The Labute approximate surface area is 169 Å². The SMILES string of the molecule is O=c1cc(-c2cccnc2)ncn1CC1CCN(c2ncc(C3CC3)cn2)CC1. The first-order valence-electron chi connectivity index (χ1n) is 10.3. The lowest BCUT2D eigenvalue weighted by Gasteiger charge is -2.32. The molecule has 0 atom stereocenters. The number of piperidine rings is 1. The maximum Gasteiger partial charge on any atom is 0.253 e. The van der Waals surface area contributed by atoms with Gasteiger partial charge in [-0.2, -0.15) is 0 Å². The Morgan fingerprint density at radius 3 is 2.45 bits per heavy atom. The quantitative estimate of drug-likeness (QED) is 0.669. The summed E-state index contributed by atoms with van der Waals surface area (Å²) < 4.78 is 1.72. The minimum Gasteiger partial charge on any atom is -0.341 e. The molecule has 7 nitrogen and oxygen atoms in total. The lowest BCUT2D eigenvalue weighted by atomic mass is 9.97. The van der Waals surface area contributed by atoms with Gasteiger partial charge in [-0.05, 0) is 55.2 Å². The highest BCUT2D eigenvalue weighted by Gasteiger charge is 2.25. The van der Waals surface area contributed by atoms with Crippen LogP contribution in [0.4, 0.5) is 5.95 Å². The first-order valence-corrected chi connectivity index (χ1v) is 10.3. The van der Waals surface area contributed by atoms with Gasteiger partial charge < -0.3 is 4.90 Å². The molecule has 0 aromatic carbocycles. The lowest BCUT2D eigenvalue weighted by molar-refractivity contribution is 0.349. The largest absolute Gasteiger partial charge is 0.341 e. The molecule has 29 heavy (non-hydrogen) atoms. The fourth-order valence-corrected chi connectivity index (χ4v) is 3.95. The smallest absolute Gasteiger partial charge is 0.253 e. The summed E-state index contributed by atoms with van der Waals surface area (Å²) in [5, 5.41) is 0. The van der Waals surface area contributed by atoms with E-state index in [1.165, 1.54) is 18.4 Å². The Balaban J connectivity index is 1.20.